The second kappa shape index (κ2) is 11.5. The Kier molecular flexibility index (Phi) is 10.0. The number of aliphatic imine (C=N–C) groups is 1. The summed E-state index contributed by atoms with van der Waals surface area (Å²) < 4.78 is 16.6. The molecule has 1 N–H and O–H groups in total. The third-order valence-corrected chi connectivity index (χ3v) is 4.64. The van der Waals surface area contributed by atoms with Crippen molar-refractivity contribution in [3.05, 3.63) is 17.7 Å². The summed E-state index contributed by atoms with van der Waals surface area (Å²) in [4.78, 5) is 6.82. The highest BCUT2D eigenvalue weighted by atomic mass is 127. The summed E-state index contributed by atoms with van der Waals surface area (Å²) in [7, 11) is 5.12. The molecule has 0 saturated carbocycles. The van der Waals surface area contributed by atoms with Crippen LogP contribution in [-0.2, 0) is 6.54 Å². The number of methoxy groups -OCH3 is 2. The van der Waals surface area contributed by atoms with Crippen molar-refractivity contribution in [3.8, 4) is 17.2 Å². The Balaban J connectivity index is 0.00000364. The lowest BCUT2D eigenvalue weighted by atomic mass is 9.92. The van der Waals surface area contributed by atoms with Crippen LogP contribution >= 0.6 is 24.0 Å². The van der Waals surface area contributed by atoms with Gasteiger partial charge in [0.2, 0.25) is 5.75 Å². The zero-order valence-electron chi connectivity index (χ0n) is 17.4. The van der Waals surface area contributed by atoms with Crippen molar-refractivity contribution < 1.29 is 14.2 Å². The van der Waals surface area contributed by atoms with E-state index in [0.29, 0.717) is 42.2 Å². The Morgan fingerprint density at radius 2 is 1.70 bits per heavy atom. The van der Waals surface area contributed by atoms with E-state index in [1.54, 1.807) is 14.2 Å². The lowest BCUT2D eigenvalue weighted by molar-refractivity contribution is 0.208. The van der Waals surface area contributed by atoms with E-state index >= 15 is 0 Å². The van der Waals surface area contributed by atoms with E-state index in [4.69, 9.17) is 14.2 Å². The first-order chi connectivity index (χ1) is 12.5. The first-order valence-electron chi connectivity index (χ1n) is 9.35. The van der Waals surface area contributed by atoms with Gasteiger partial charge in [0.1, 0.15) is 0 Å². The van der Waals surface area contributed by atoms with Gasteiger partial charge in [0.15, 0.2) is 17.5 Å². The fraction of sp³-hybridized carbons (Fsp3) is 0.650. The molecule has 7 heteroatoms. The van der Waals surface area contributed by atoms with Gasteiger partial charge in [-0.1, -0.05) is 13.8 Å². The zero-order chi connectivity index (χ0) is 19.1. The summed E-state index contributed by atoms with van der Waals surface area (Å²) in [5, 5.41) is 3.47. The van der Waals surface area contributed by atoms with Crippen LogP contribution in [0.15, 0.2) is 17.1 Å². The van der Waals surface area contributed by atoms with Gasteiger partial charge in [-0.25, -0.2) is 0 Å². The lowest BCUT2D eigenvalue weighted by Gasteiger charge is -2.37. The Bertz CT molecular complexity index is 589. The van der Waals surface area contributed by atoms with Gasteiger partial charge in [-0.3, -0.25) is 4.99 Å². The van der Waals surface area contributed by atoms with Crippen LogP contribution in [0.5, 0.6) is 17.2 Å². The summed E-state index contributed by atoms with van der Waals surface area (Å²) >= 11 is 0. The van der Waals surface area contributed by atoms with Crippen molar-refractivity contribution in [3.63, 3.8) is 0 Å². The van der Waals surface area contributed by atoms with Gasteiger partial charge in [-0.15, -0.1) is 24.0 Å². The minimum atomic E-state index is 0. The number of guanidine groups is 1. The van der Waals surface area contributed by atoms with Gasteiger partial charge in [0, 0.05) is 26.7 Å². The van der Waals surface area contributed by atoms with Crippen LogP contribution in [0.3, 0.4) is 0 Å². The summed E-state index contributed by atoms with van der Waals surface area (Å²) in [6, 6.07) is 3.96. The first-order valence-corrected chi connectivity index (χ1v) is 9.35. The van der Waals surface area contributed by atoms with Crippen LogP contribution in [0.1, 0.15) is 32.8 Å². The van der Waals surface area contributed by atoms with Gasteiger partial charge in [0.25, 0.3) is 0 Å². The third kappa shape index (κ3) is 6.33. The van der Waals surface area contributed by atoms with Crippen molar-refractivity contribution in [2.24, 2.45) is 16.8 Å². The molecule has 0 radical (unpaired) electrons. The van der Waals surface area contributed by atoms with E-state index in [2.05, 4.69) is 29.1 Å². The molecule has 1 aromatic rings. The molecule has 1 fully saturated rings. The highest BCUT2D eigenvalue weighted by molar-refractivity contribution is 14.0. The third-order valence-electron chi connectivity index (χ3n) is 4.64. The molecule has 1 saturated heterocycles. The molecule has 0 aromatic heterocycles. The van der Waals surface area contributed by atoms with E-state index in [-0.39, 0.29) is 24.0 Å². The molecule has 0 aliphatic carbocycles. The highest BCUT2D eigenvalue weighted by Crippen LogP contribution is 2.38. The fourth-order valence-electron chi connectivity index (χ4n) is 3.67. The largest absolute Gasteiger partial charge is 0.493 e. The van der Waals surface area contributed by atoms with Crippen LogP contribution in [-0.4, -0.2) is 51.8 Å². The van der Waals surface area contributed by atoms with Gasteiger partial charge in [-0.2, -0.15) is 0 Å². The smallest absolute Gasteiger partial charge is 0.203 e. The molecule has 154 valence electrons. The number of hydrogen-bond acceptors (Lipinski definition) is 4. The number of piperidine rings is 1. The topological polar surface area (TPSA) is 55.3 Å². The Morgan fingerprint density at radius 1 is 1.15 bits per heavy atom. The van der Waals surface area contributed by atoms with Gasteiger partial charge < -0.3 is 24.4 Å². The van der Waals surface area contributed by atoms with Gasteiger partial charge in [-0.05, 0) is 42.9 Å². The standard InChI is InChI=1S/C20H33N3O3.HI/c1-7-26-19-17(24-5)9-16(10-18(19)25-6)11-22-20(21-4)23-12-14(2)8-15(3)13-23;/h9-10,14-15H,7-8,11-13H2,1-6H3,(H,21,22);1H. The molecule has 2 atom stereocenters. The summed E-state index contributed by atoms with van der Waals surface area (Å²) in [5.74, 6) is 4.31. The number of nitrogens with one attached hydrogen (secondary N) is 1. The molecule has 6 nitrogen and oxygen atoms in total. The molecule has 0 bridgehead atoms. The molecule has 0 amide bonds. The highest BCUT2D eigenvalue weighted by Gasteiger charge is 2.24. The van der Waals surface area contributed by atoms with Gasteiger partial charge >= 0.3 is 0 Å². The fourth-order valence-corrected chi connectivity index (χ4v) is 3.67. The van der Waals surface area contributed by atoms with Crippen molar-refractivity contribution >= 4 is 29.9 Å². The number of ether oxygens (including phenoxy) is 3. The molecule has 0 spiro atoms. The number of benzene rings is 1. The molecule has 1 heterocycles. The molecule has 1 aliphatic heterocycles. The summed E-state index contributed by atoms with van der Waals surface area (Å²) in [6.45, 7) is 9.84. The Morgan fingerprint density at radius 3 is 2.15 bits per heavy atom. The molecular weight excluding hydrogens is 457 g/mol. The minimum Gasteiger partial charge on any atom is -0.493 e. The Labute approximate surface area is 180 Å². The number of hydrogen-bond donors (Lipinski definition) is 1. The number of rotatable bonds is 6. The Hall–Kier alpha value is -1.38. The molecule has 1 aromatic carbocycles. The van der Waals surface area contributed by atoms with E-state index < -0.39 is 0 Å². The number of halogens is 1. The van der Waals surface area contributed by atoms with Crippen molar-refractivity contribution in [2.75, 3.05) is 41.0 Å². The van der Waals surface area contributed by atoms with Gasteiger partial charge in [0.05, 0.1) is 20.8 Å². The predicted octanol–water partition coefficient (Wildman–Crippen LogP) is 3.77. The molecule has 2 unspecified atom stereocenters. The number of nitrogens with zero attached hydrogens (tertiary/aromatic N) is 2. The van der Waals surface area contributed by atoms with E-state index in [1.165, 1.54) is 6.42 Å². The quantitative estimate of drug-likeness (QED) is 0.373. The monoisotopic (exact) mass is 491 g/mol. The maximum atomic E-state index is 5.67. The first kappa shape index (κ1) is 23.7. The van der Waals surface area contributed by atoms with Crippen LogP contribution in [0, 0.1) is 11.8 Å². The normalized spacial score (nSPS) is 19.9. The van der Waals surface area contributed by atoms with Crippen LogP contribution in [0.25, 0.3) is 0 Å². The van der Waals surface area contributed by atoms with E-state index in [9.17, 15) is 0 Å². The molecule has 1 aliphatic rings. The second-order valence-electron chi connectivity index (χ2n) is 7.01. The maximum Gasteiger partial charge on any atom is 0.203 e. The van der Waals surface area contributed by atoms with E-state index in [1.807, 2.05) is 26.1 Å². The van der Waals surface area contributed by atoms with Crippen LogP contribution in [0.2, 0.25) is 0 Å². The molecule has 2 rings (SSSR count). The maximum absolute atomic E-state index is 5.67. The summed E-state index contributed by atoms with van der Waals surface area (Å²) in [5.41, 5.74) is 1.06. The van der Waals surface area contributed by atoms with E-state index in [0.717, 1.165) is 24.6 Å². The molecular formula is C20H34IN3O3. The zero-order valence-corrected chi connectivity index (χ0v) is 19.7. The summed E-state index contributed by atoms with van der Waals surface area (Å²) in [6.07, 6.45) is 1.28. The minimum absolute atomic E-state index is 0. The average Bonchev–Trinajstić information content (AvgIpc) is 2.62. The van der Waals surface area contributed by atoms with Crippen molar-refractivity contribution in [1.29, 1.82) is 0 Å². The van der Waals surface area contributed by atoms with Crippen molar-refractivity contribution in [2.45, 2.75) is 33.7 Å². The average molecular weight is 491 g/mol. The SMILES string of the molecule is CCOc1c(OC)cc(CNC(=NC)N2CC(C)CC(C)C2)cc1OC.I. The number of likely N-dealkylation sites (tertiary alicyclic amines) is 1. The van der Waals surface area contributed by atoms with Crippen molar-refractivity contribution in [1.82, 2.24) is 10.2 Å². The van der Waals surface area contributed by atoms with Crippen LogP contribution < -0.4 is 19.5 Å². The second-order valence-corrected chi connectivity index (χ2v) is 7.01. The predicted molar refractivity (Wildman–Crippen MR) is 121 cm³/mol. The lowest BCUT2D eigenvalue weighted by Crippen LogP contribution is -2.48. The van der Waals surface area contributed by atoms with Crippen LogP contribution in [0.4, 0.5) is 0 Å². The molecule has 27 heavy (non-hydrogen) atoms.